The first-order chi connectivity index (χ1) is 9.20. The quantitative estimate of drug-likeness (QED) is 0.809. The molecule has 1 amide bonds. The molecular weight excluding hydrogens is 326 g/mol. The van der Waals surface area contributed by atoms with Gasteiger partial charge in [0.25, 0.3) is 0 Å². The van der Waals surface area contributed by atoms with Crippen molar-refractivity contribution in [3.05, 3.63) is 34.9 Å². The van der Waals surface area contributed by atoms with E-state index >= 15 is 0 Å². The van der Waals surface area contributed by atoms with Gasteiger partial charge in [-0.25, -0.2) is 0 Å². The van der Waals surface area contributed by atoms with Crippen LogP contribution >= 0.6 is 27.5 Å². The minimum atomic E-state index is 0.0633. The van der Waals surface area contributed by atoms with Crippen LogP contribution < -0.4 is 5.32 Å². The van der Waals surface area contributed by atoms with Gasteiger partial charge in [-0.2, -0.15) is 0 Å². The summed E-state index contributed by atoms with van der Waals surface area (Å²) >= 11 is 9.61. The molecule has 0 aliphatic heterocycles. The Kier molecular flexibility index (Phi) is 5.71. The molecule has 19 heavy (non-hydrogen) atoms. The van der Waals surface area contributed by atoms with E-state index in [-0.39, 0.29) is 5.91 Å². The fraction of sp³-hybridized carbons (Fsp3) is 0.533. The number of hydrogen-bond donors (Lipinski definition) is 1. The predicted molar refractivity (Wildman–Crippen MR) is 82.8 cm³/mol. The van der Waals surface area contributed by atoms with Gasteiger partial charge >= 0.3 is 0 Å². The highest BCUT2D eigenvalue weighted by atomic mass is 79.9. The fourth-order valence-corrected chi connectivity index (χ4v) is 3.76. The van der Waals surface area contributed by atoms with Crippen LogP contribution in [0.4, 0.5) is 0 Å². The van der Waals surface area contributed by atoms with Gasteiger partial charge in [0, 0.05) is 16.9 Å². The molecule has 1 aromatic rings. The average molecular weight is 345 g/mol. The molecule has 0 radical (unpaired) electrons. The van der Waals surface area contributed by atoms with Gasteiger partial charge in [0.15, 0.2) is 0 Å². The standard InChI is InChI=1S/C15H19BrClNO/c16-9-12-5-3-6-13(12)10-18-15(19)8-11-4-1-2-7-14(11)17/h1-2,4,7,12-13H,3,5-6,8-10H2,(H,18,19). The van der Waals surface area contributed by atoms with E-state index in [2.05, 4.69) is 21.2 Å². The van der Waals surface area contributed by atoms with Gasteiger partial charge in [0.1, 0.15) is 0 Å². The van der Waals surface area contributed by atoms with Crippen LogP contribution in [0.5, 0.6) is 0 Å². The molecule has 1 N–H and O–H groups in total. The molecule has 104 valence electrons. The molecular formula is C15H19BrClNO. The number of benzene rings is 1. The summed E-state index contributed by atoms with van der Waals surface area (Å²) < 4.78 is 0. The minimum absolute atomic E-state index is 0.0633. The minimum Gasteiger partial charge on any atom is -0.356 e. The van der Waals surface area contributed by atoms with Crippen LogP contribution in [0.1, 0.15) is 24.8 Å². The average Bonchev–Trinajstić information content (AvgIpc) is 2.86. The maximum Gasteiger partial charge on any atom is 0.224 e. The fourth-order valence-electron chi connectivity index (χ4n) is 2.71. The number of carbonyl (C=O) groups is 1. The van der Waals surface area contributed by atoms with E-state index < -0.39 is 0 Å². The summed E-state index contributed by atoms with van der Waals surface area (Å²) in [5.74, 6) is 1.39. The molecule has 2 rings (SSSR count). The van der Waals surface area contributed by atoms with Crippen LogP contribution in [-0.4, -0.2) is 17.8 Å². The summed E-state index contributed by atoms with van der Waals surface area (Å²) in [6.07, 6.45) is 4.14. The maximum atomic E-state index is 11.9. The molecule has 0 aromatic heterocycles. The zero-order valence-electron chi connectivity index (χ0n) is 10.9. The molecule has 0 spiro atoms. The van der Waals surface area contributed by atoms with Gasteiger partial charge in [-0.3, -0.25) is 4.79 Å². The molecule has 2 atom stereocenters. The van der Waals surface area contributed by atoms with Crippen LogP contribution in [0.3, 0.4) is 0 Å². The van der Waals surface area contributed by atoms with E-state index in [1.54, 1.807) is 0 Å². The van der Waals surface area contributed by atoms with Crippen LogP contribution in [0.15, 0.2) is 24.3 Å². The molecule has 1 saturated carbocycles. The van der Waals surface area contributed by atoms with Crippen LogP contribution in [0, 0.1) is 11.8 Å². The first-order valence-corrected chi connectivity index (χ1v) is 8.26. The summed E-state index contributed by atoms with van der Waals surface area (Å²) in [6.45, 7) is 0.791. The summed E-state index contributed by atoms with van der Waals surface area (Å²) in [4.78, 5) is 11.9. The molecule has 1 aromatic carbocycles. The molecule has 2 nitrogen and oxygen atoms in total. The zero-order chi connectivity index (χ0) is 13.7. The lowest BCUT2D eigenvalue weighted by atomic mass is 9.98. The lowest BCUT2D eigenvalue weighted by Crippen LogP contribution is -2.32. The van der Waals surface area contributed by atoms with E-state index in [1.165, 1.54) is 19.3 Å². The van der Waals surface area contributed by atoms with Crippen LogP contribution in [0.25, 0.3) is 0 Å². The van der Waals surface area contributed by atoms with Crippen molar-refractivity contribution >= 4 is 33.4 Å². The van der Waals surface area contributed by atoms with Crippen molar-refractivity contribution in [3.63, 3.8) is 0 Å². The number of rotatable bonds is 5. The normalized spacial score (nSPS) is 22.4. The summed E-state index contributed by atoms with van der Waals surface area (Å²) in [5, 5.41) is 4.75. The van der Waals surface area contributed by atoms with Crippen LogP contribution in [-0.2, 0) is 11.2 Å². The lowest BCUT2D eigenvalue weighted by Gasteiger charge is -2.17. The smallest absolute Gasteiger partial charge is 0.224 e. The third-order valence-corrected chi connectivity index (χ3v) is 5.09. The molecule has 4 heteroatoms. The van der Waals surface area contributed by atoms with Crippen molar-refractivity contribution in [2.75, 3.05) is 11.9 Å². The monoisotopic (exact) mass is 343 g/mol. The Morgan fingerprint density at radius 1 is 1.32 bits per heavy atom. The van der Waals surface area contributed by atoms with E-state index in [4.69, 9.17) is 11.6 Å². The molecule has 1 aliphatic carbocycles. The van der Waals surface area contributed by atoms with Crippen molar-refractivity contribution in [2.45, 2.75) is 25.7 Å². The SMILES string of the molecule is O=C(Cc1ccccc1Cl)NCC1CCCC1CBr. The topological polar surface area (TPSA) is 29.1 Å². The van der Waals surface area contributed by atoms with Gasteiger partial charge in [0.2, 0.25) is 5.91 Å². The number of carbonyl (C=O) groups excluding carboxylic acids is 1. The largest absolute Gasteiger partial charge is 0.356 e. The van der Waals surface area contributed by atoms with Gasteiger partial charge in [-0.05, 0) is 36.3 Å². The van der Waals surface area contributed by atoms with Crippen molar-refractivity contribution in [1.82, 2.24) is 5.32 Å². The second-order valence-electron chi connectivity index (χ2n) is 5.18. The van der Waals surface area contributed by atoms with E-state index in [1.807, 2.05) is 24.3 Å². The molecule has 0 saturated heterocycles. The maximum absolute atomic E-state index is 11.9. The molecule has 1 aliphatic rings. The van der Waals surface area contributed by atoms with Gasteiger partial charge < -0.3 is 5.32 Å². The Hall–Kier alpha value is -0.540. The number of nitrogens with one attached hydrogen (secondary N) is 1. The third kappa shape index (κ3) is 4.22. The van der Waals surface area contributed by atoms with Gasteiger partial charge in [-0.1, -0.05) is 52.2 Å². The molecule has 2 unspecified atom stereocenters. The second kappa shape index (κ2) is 7.30. The zero-order valence-corrected chi connectivity index (χ0v) is 13.2. The number of halogens is 2. The Morgan fingerprint density at radius 3 is 2.79 bits per heavy atom. The van der Waals surface area contributed by atoms with Crippen LogP contribution in [0.2, 0.25) is 5.02 Å². The van der Waals surface area contributed by atoms with E-state index in [0.717, 1.165) is 17.4 Å². The van der Waals surface area contributed by atoms with Gasteiger partial charge in [-0.15, -0.1) is 0 Å². The number of hydrogen-bond acceptors (Lipinski definition) is 1. The van der Waals surface area contributed by atoms with E-state index in [0.29, 0.717) is 23.3 Å². The molecule has 1 fully saturated rings. The van der Waals surface area contributed by atoms with E-state index in [9.17, 15) is 4.79 Å². The first kappa shape index (κ1) is 14.9. The van der Waals surface area contributed by atoms with Crippen molar-refractivity contribution in [1.29, 1.82) is 0 Å². The third-order valence-electron chi connectivity index (χ3n) is 3.88. The summed E-state index contributed by atoms with van der Waals surface area (Å²) in [5.41, 5.74) is 0.894. The highest BCUT2D eigenvalue weighted by molar-refractivity contribution is 9.09. The lowest BCUT2D eigenvalue weighted by molar-refractivity contribution is -0.120. The van der Waals surface area contributed by atoms with Gasteiger partial charge in [0.05, 0.1) is 6.42 Å². The Bertz CT molecular complexity index is 438. The highest BCUT2D eigenvalue weighted by Crippen LogP contribution is 2.32. The Balaban J connectivity index is 1.80. The summed E-state index contributed by atoms with van der Waals surface area (Å²) in [7, 11) is 0. The van der Waals surface area contributed by atoms with Crippen molar-refractivity contribution in [2.24, 2.45) is 11.8 Å². The number of alkyl halides is 1. The Morgan fingerprint density at radius 2 is 2.05 bits per heavy atom. The predicted octanol–water partition coefficient (Wildman–Crippen LogP) is 3.81. The first-order valence-electron chi connectivity index (χ1n) is 6.76. The molecule has 0 heterocycles. The molecule has 0 bridgehead atoms. The summed E-state index contributed by atoms with van der Waals surface area (Å²) in [6, 6.07) is 7.51. The number of amides is 1. The Labute approximate surface area is 128 Å². The van der Waals surface area contributed by atoms with Crippen molar-refractivity contribution < 1.29 is 4.79 Å². The van der Waals surface area contributed by atoms with Crippen molar-refractivity contribution in [3.8, 4) is 0 Å². The second-order valence-corrected chi connectivity index (χ2v) is 6.23. The highest BCUT2D eigenvalue weighted by Gasteiger charge is 2.26.